The molecule has 0 aliphatic rings. The Hall–Kier alpha value is -2.58. The number of pyridine rings is 1. The lowest BCUT2D eigenvalue weighted by Gasteiger charge is -2.03. The van der Waals surface area contributed by atoms with Crippen molar-refractivity contribution in [2.24, 2.45) is 10.9 Å². The van der Waals surface area contributed by atoms with Gasteiger partial charge < -0.3 is 10.9 Å². The summed E-state index contributed by atoms with van der Waals surface area (Å²) in [4.78, 5) is 3.87. The highest BCUT2D eigenvalue weighted by Gasteiger charge is 2.33. The smallest absolute Gasteiger partial charge is 0.409 e. The number of amidine groups is 1. The van der Waals surface area contributed by atoms with Crippen LogP contribution in [0.25, 0.3) is 5.82 Å². The van der Waals surface area contributed by atoms with E-state index in [4.69, 9.17) is 10.9 Å². The third-order valence-electron chi connectivity index (χ3n) is 2.27. The first-order chi connectivity index (χ1) is 8.91. The van der Waals surface area contributed by atoms with Crippen molar-refractivity contribution in [2.45, 2.75) is 6.18 Å². The summed E-state index contributed by atoms with van der Waals surface area (Å²) in [5, 5.41) is 14.6. The van der Waals surface area contributed by atoms with Gasteiger partial charge in [0.15, 0.2) is 17.3 Å². The maximum Gasteiger partial charge on any atom is 0.435 e. The zero-order valence-electron chi connectivity index (χ0n) is 9.33. The molecule has 0 fully saturated rings. The number of rotatable bonds is 2. The lowest BCUT2D eigenvalue weighted by Crippen LogP contribution is -2.14. The predicted molar refractivity (Wildman–Crippen MR) is 58.9 cm³/mol. The first-order valence-electron chi connectivity index (χ1n) is 4.99. The molecule has 19 heavy (non-hydrogen) atoms. The van der Waals surface area contributed by atoms with Crippen molar-refractivity contribution < 1.29 is 18.4 Å². The van der Waals surface area contributed by atoms with E-state index in [0.717, 1.165) is 16.9 Å². The fourth-order valence-corrected chi connectivity index (χ4v) is 1.33. The van der Waals surface area contributed by atoms with E-state index in [9.17, 15) is 13.2 Å². The number of nitrogens with zero attached hydrogens (tertiary/aromatic N) is 4. The zero-order chi connectivity index (χ0) is 14.0. The van der Waals surface area contributed by atoms with E-state index in [1.807, 2.05) is 0 Å². The number of aromatic nitrogens is 3. The van der Waals surface area contributed by atoms with Gasteiger partial charge in [0.05, 0.1) is 0 Å². The summed E-state index contributed by atoms with van der Waals surface area (Å²) in [5.74, 6) is 0.0421. The van der Waals surface area contributed by atoms with Crippen LogP contribution in [-0.4, -0.2) is 25.8 Å². The second-order valence-corrected chi connectivity index (χ2v) is 3.53. The van der Waals surface area contributed by atoms with Crippen molar-refractivity contribution in [1.29, 1.82) is 0 Å². The normalized spacial score (nSPS) is 12.7. The van der Waals surface area contributed by atoms with Crippen LogP contribution in [-0.2, 0) is 6.18 Å². The van der Waals surface area contributed by atoms with Gasteiger partial charge >= 0.3 is 6.18 Å². The van der Waals surface area contributed by atoms with Crippen LogP contribution >= 0.6 is 0 Å². The monoisotopic (exact) mass is 271 g/mol. The zero-order valence-corrected chi connectivity index (χ0v) is 9.33. The van der Waals surface area contributed by atoms with Gasteiger partial charge in [0.2, 0.25) is 0 Å². The number of hydrogen-bond donors (Lipinski definition) is 2. The molecule has 0 aliphatic heterocycles. The number of alkyl halides is 3. The molecule has 2 aromatic heterocycles. The molecule has 2 aromatic rings. The molecule has 0 aromatic carbocycles. The first-order valence-corrected chi connectivity index (χ1v) is 4.99. The van der Waals surface area contributed by atoms with Crippen molar-refractivity contribution in [3.05, 3.63) is 41.9 Å². The Balaban J connectivity index is 2.30. The summed E-state index contributed by atoms with van der Waals surface area (Å²) in [5.41, 5.74) is 4.67. The van der Waals surface area contributed by atoms with Gasteiger partial charge in [-0.1, -0.05) is 5.16 Å². The molecule has 3 N–H and O–H groups in total. The molecule has 0 atom stereocenters. The highest BCUT2D eigenvalue weighted by molar-refractivity contribution is 5.96. The quantitative estimate of drug-likeness (QED) is 0.374. The molecule has 0 radical (unpaired) electrons. The van der Waals surface area contributed by atoms with E-state index in [1.54, 1.807) is 0 Å². The number of oxime groups is 1. The molecule has 2 heterocycles. The summed E-state index contributed by atoms with van der Waals surface area (Å²) in [7, 11) is 0. The van der Waals surface area contributed by atoms with Gasteiger partial charge in [-0.3, -0.25) is 0 Å². The Morgan fingerprint density at radius 3 is 2.53 bits per heavy atom. The SMILES string of the molecule is NC(=NO)c1ccc(-n2ccc(C(F)(F)F)n2)nc1. The van der Waals surface area contributed by atoms with Gasteiger partial charge in [-0.2, -0.15) is 18.3 Å². The van der Waals surface area contributed by atoms with Crippen molar-refractivity contribution in [3.63, 3.8) is 0 Å². The van der Waals surface area contributed by atoms with Crippen LogP contribution < -0.4 is 5.73 Å². The molecule has 0 bridgehead atoms. The Labute approximate surface area is 105 Å². The third-order valence-corrected chi connectivity index (χ3v) is 2.27. The fourth-order valence-electron chi connectivity index (χ4n) is 1.33. The molecule has 2 rings (SSSR count). The minimum absolute atomic E-state index is 0.143. The molecule has 0 unspecified atom stereocenters. The van der Waals surface area contributed by atoms with Crippen molar-refractivity contribution in [1.82, 2.24) is 14.8 Å². The van der Waals surface area contributed by atoms with E-state index in [2.05, 4.69) is 15.2 Å². The molecule has 0 amide bonds. The Bertz CT molecular complexity index is 602. The Morgan fingerprint density at radius 1 is 1.32 bits per heavy atom. The average Bonchev–Trinajstić information content (AvgIpc) is 2.87. The summed E-state index contributed by atoms with van der Waals surface area (Å²) in [6, 6.07) is 3.70. The van der Waals surface area contributed by atoms with Crippen molar-refractivity contribution >= 4 is 5.84 Å². The summed E-state index contributed by atoms with van der Waals surface area (Å²) < 4.78 is 38.1. The van der Waals surface area contributed by atoms with Gasteiger partial charge in [0.1, 0.15) is 0 Å². The predicted octanol–water partition coefficient (Wildman–Crippen LogP) is 1.38. The lowest BCUT2D eigenvalue weighted by atomic mass is 10.2. The second-order valence-electron chi connectivity index (χ2n) is 3.53. The first kappa shape index (κ1) is 12.9. The van der Waals surface area contributed by atoms with Gasteiger partial charge in [0, 0.05) is 18.0 Å². The number of hydrogen-bond acceptors (Lipinski definition) is 4. The molecular formula is C10H8F3N5O. The van der Waals surface area contributed by atoms with Crippen LogP contribution in [0.3, 0.4) is 0 Å². The Kier molecular flexibility index (Phi) is 3.11. The summed E-state index contributed by atoms with van der Waals surface area (Å²) >= 11 is 0. The van der Waals surface area contributed by atoms with E-state index >= 15 is 0 Å². The molecule has 6 nitrogen and oxygen atoms in total. The van der Waals surface area contributed by atoms with Gasteiger partial charge in [0.25, 0.3) is 0 Å². The van der Waals surface area contributed by atoms with Crippen LogP contribution in [0, 0.1) is 0 Å². The van der Waals surface area contributed by atoms with Crippen molar-refractivity contribution in [2.75, 3.05) is 0 Å². The van der Waals surface area contributed by atoms with Gasteiger partial charge in [-0.25, -0.2) is 9.67 Å². The van der Waals surface area contributed by atoms with Crippen LogP contribution in [0.5, 0.6) is 0 Å². The largest absolute Gasteiger partial charge is 0.435 e. The summed E-state index contributed by atoms with van der Waals surface area (Å²) in [6.07, 6.45) is -2.09. The molecular weight excluding hydrogens is 263 g/mol. The van der Waals surface area contributed by atoms with E-state index in [1.165, 1.54) is 18.3 Å². The van der Waals surface area contributed by atoms with E-state index in [-0.39, 0.29) is 11.7 Å². The Morgan fingerprint density at radius 2 is 2.05 bits per heavy atom. The highest BCUT2D eigenvalue weighted by Crippen LogP contribution is 2.27. The molecule has 100 valence electrons. The topological polar surface area (TPSA) is 89.3 Å². The maximum atomic E-state index is 12.4. The van der Waals surface area contributed by atoms with E-state index in [0.29, 0.717) is 5.56 Å². The van der Waals surface area contributed by atoms with Crippen molar-refractivity contribution in [3.8, 4) is 5.82 Å². The second kappa shape index (κ2) is 4.59. The maximum absolute atomic E-state index is 12.4. The van der Waals surface area contributed by atoms with Gasteiger partial charge in [-0.15, -0.1) is 0 Å². The molecule has 0 aliphatic carbocycles. The fraction of sp³-hybridized carbons (Fsp3) is 0.100. The number of halogens is 3. The van der Waals surface area contributed by atoms with Crippen LogP contribution in [0.4, 0.5) is 13.2 Å². The lowest BCUT2D eigenvalue weighted by molar-refractivity contribution is -0.141. The highest BCUT2D eigenvalue weighted by atomic mass is 19.4. The molecule has 0 spiro atoms. The standard InChI is InChI=1S/C10H8F3N5O/c11-10(12,13)7-3-4-18(16-7)8-2-1-6(5-15-8)9(14)17-19/h1-5,19H,(H2,14,17). The van der Waals surface area contributed by atoms with E-state index < -0.39 is 11.9 Å². The van der Waals surface area contributed by atoms with Gasteiger partial charge in [-0.05, 0) is 18.2 Å². The minimum Gasteiger partial charge on any atom is -0.409 e. The number of nitrogens with two attached hydrogens (primary N) is 1. The van der Waals surface area contributed by atoms with Crippen LogP contribution in [0.2, 0.25) is 0 Å². The molecule has 0 saturated heterocycles. The molecule has 0 saturated carbocycles. The third kappa shape index (κ3) is 2.64. The minimum atomic E-state index is -4.50. The average molecular weight is 271 g/mol. The summed E-state index contributed by atoms with van der Waals surface area (Å²) in [6.45, 7) is 0. The molecule has 9 heteroatoms. The van der Waals surface area contributed by atoms with Crippen LogP contribution in [0.15, 0.2) is 35.7 Å². The van der Waals surface area contributed by atoms with Crippen LogP contribution in [0.1, 0.15) is 11.3 Å².